The maximum Gasteiger partial charge on any atom is 0.270 e. The number of hydrogen-bond acceptors (Lipinski definition) is 7. The van der Waals surface area contributed by atoms with Crippen LogP contribution in [0.3, 0.4) is 0 Å². The maximum atomic E-state index is 14.8. The molecule has 0 radical (unpaired) electrons. The fourth-order valence-electron chi connectivity index (χ4n) is 4.20. The Morgan fingerprint density at radius 3 is 2.66 bits per heavy atom. The van der Waals surface area contributed by atoms with Gasteiger partial charge in [0.2, 0.25) is 0 Å². The first-order chi connectivity index (χ1) is 16.9. The van der Waals surface area contributed by atoms with Crippen LogP contribution < -0.4 is 10.2 Å². The van der Waals surface area contributed by atoms with Crippen molar-refractivity contribution in [1.82, 2.24) is 9.97 Å². The van der Waals surface area contributed by atoms with Crippen LogP contribution in [0.1, 0.15) is 5.56 Å². The van der Waals surface area contributed by atoms with Gasteiger partial charge in [-0.3, -0.25) is 15.1 Å². The zero-order chi connectivity index (χ0) is 24.5. The molecule has 1 saturated heterocycles. The quantitative estimate of drug-likeness (QED) is 0.305. The second-order valence-corrected chi connectivity index (χ2v) is 8.20. The van der Waals surface area contributed by atoms with E-state index in [0.29, 0.717) is 35.5 Å². The number of hydrogen-bond donors (Lipinski definition) is 1. The predicted molar refractivity (Wildman–Crippen MR) is 129 cm³/mol. The summed E-state index contributed by atoms with van der Waals surface area (Å²) in [5.41, 5.74) is 2.91. The van der Waals surface area contributed by atoms with E-state index in [1.54, 1.807) is 25.4 Å². The number of pyridine rings is 2. The van der Waals surface area contributed by atoms with Crippen molar-refractivity contribution in [3.05, 3.63) is 82.2 Å². The lowest BCUT2D eigenvalue weighted by Gasteiger charge is -2.28. The summed E-state index contributed by atoms with van der Waals surface area (Å²) in [4.78, 5) is 21.7. The van der Waals surface area contributed by atoms with Gasteiger partial charge in [0.25, 0.3) is 5.69 Å². The van der Waals surface area contributed by atoms with Crippen LogP contribution in [0.4, 0.5) is 31.5 Å². The van der Waals surface area contributed by atoms with Crippen LogP contribution >= 0.6 is 0 Å². The Labute approximate surface area is 199 Å². The molecule has 1 fully saturated rings. The highest BCUT2D eigenvalue weighted by molar-refractivity contribution is 5.98. The van der Waals surface area contributed by atoms with Crippen molar-refractivity contribution in [3.63, 3.8) is 0 Å². The average Bonchev–Trinajstić information content (AvgIpc) is 2.86. The highest BCUT2D eigenvalue weighted by atomic mass is 19.1. The van der Waals surface area contributed by atoms with E-state index in [1.807, 2.05) is 6.07 Å². The van der Waals surface area contributed by atoms with Crippen molar-refractivity contribution in [2.24, 2.45) is 0 Å². The molecule has 8 nitrogen and oxygen atoms in total. The van der Waals surface area contributed by atoms with Crippen molar-refractivity contribution in [3.8, 4) is 11.3 Å². The van der Waals surface area contributed by atoms with Crippen molar-refractivity contribution < 1.29 is 18.4 Å². The van der Waals surface area contributed by atoms with E-state index < -0.39 is 16.6 Å². The summed E-state index contributed by atoms with van der Waals surface area (Å²) in [6.45, 7) is 4.51. The van der Waals surface area contributed by atoms with E-state index in [-0.39, 0.29) is 22.5 Å². The van der Waals surface area contributed by atoms with Gasteiger partial charge in [0.1, 0.15) is 11.6 Å². The van der Waals surface area contributed by atoms with Gasteiger partial charge in [-0.25, -0.2) is 13.8 Å². The first kappa shape index (κ1) is 22.6. The molecule has 0 aliphatic carbocycles. The number of benzene rings is 2. The zero-order valence-electron chi connectivity index (χ0n) is 18.8. The highest BCUT2D eigenvalue weighted by Crippen LogP contribution is 2.37. The second-order valence-electron chi connectivity index (χ2n) is 8.20. The molecule has 10 heteroatoms. The van der Waals surface area contributed by atoms with Gasteiger partial charge >= 0.3 is 0 Å². The molecule has 2 aromatic heterocycles. The normalized spacial score (nSPS) is 13.7. The van der Waals surface area contributed by atoms with Gasteiger partial charge in [0.15, 0.2) is 0 Å². The number of nitro benzene ring substituents is 1. The minimum absolute atomic E-state index is 0.0360. The summed E-state index contributed by atoms with van der Waals surface area (Å²) >= 11 is 0. The molecule has 35 heavy (non-hydrogen) atoms. The molecule has 2 aromatic carbocycles. The van der Waals surface area contributed by atoms with Crippen molar-refractivity contribution >= 4 is 33.7 Å². The van der Waals surface area contributed by atoms with Crippen molar-refractivity contribution in [1.29, 1.82) is 0 Å². The third kappa shape index (κ3) is 4.47. The molecule has 5 rings (SSSR count). The molecule has 3 heterocycles. The van der Waals surface area contributed by atoms with E-state index in [0.717, 1.165) is 37.0 Å². The molecule has 0 saturated carbocycles. The van der Waals surface area contributed by atoms with Gasteiger partial charge in [0, 0.05) is 42.2 Å². The van der Waals surface area contributed by atoms with E-state index in [4.69, 9.17) is 4.74 Å². The van der Waals surface area contributed by atoms with Crippen LogP contribution in [-0.4, -0.2) is 41.2 Å². The smallest absolute Gasteiger partial charge is 0.270 e. The summed E-state index contributed by atoms with van der Waals surface area (Å²) in [7, 11) is 0. The lowest BCUT2D eigenvalue weighted by Crippen LogP contribution is -2.36. The SMILES string of the molecule is Cc1c(-c2cc([N+](=O)[O-])ccc2F)nc2cc(F)ccc2c1Nc1cncc(N2CCOCC2)c1. The van der Waals surface area contributed by atoms with Crippen LogP contribution in [0.2, 0.25) is 0 Å². The number of rotatable bonds is 5. The van der Waals surface area contributed by atoms with Crippen LogP contribution in [0, 0.1) is 28.7 Å². The molecule has 0 amide bonds. The fourth-order valence-corrected chi connectivity index (χ4v) is 4.20. The molecule has 1 aliphatic rings. The van der Waals surface area contributed by atoms with Crippen LogP contribution in [0.15, 0.2) is 54.9 Å². The molecule has 0 unspecified atom stereocenters. The Bertz CT molecular complexity index is 1440. The van der Waals surface area contributed by atoms with Crippen LogP contribution in [0.5, 0.6) is 0 Å². The monoisotopic (exact) mass is 477 g/mol. The van der Waals surface area contributed by atoms with E-state index in [9.17, 15) is 18.9 Å². The summed E-state index contributed by atoms with van der Waals surface area (Å²) in [5, 5.41) is 15.3. The lowest BCUT2D eigenvalue weighted by molar-refractivity contribution is -0.384. The molecular weight excluding hydrogens is 456 g/mol. The van der Waals surface area contributed by atoms with Gasteiger partial charge in [-0.1, -0.05) is 0 Å². The van der Waals surface area contributed by atoms with Gasteiger partial charge in [-0.2, -0.15) is 0 Å². The molecule has 1 aliphatic heterocycles. The number of ether oxygens (including phenoxy) is 1. The molecule has 0 bridgehead atoms. The number of nitrogens with zero attached hydrogens (tertiary/aromatic N) is 4. The van der Waals surface area contributed by atoms with E-state index in [2.05, 4.69) is 20.2 Å². The summed E-state index contributed by atoms with van der Waals surface area (Å²) in [6.07, 6.45) is 3.43. The zero-order valence-corrected chi connectivity index (χ0v) is 18.8. The summed E-state index contributed by atoms with van der Waals surface area (Å²) in [5.74, 6) is -1.16. The number of fused-ring (bicyclic) bond motifs is 1. The second kappa shape index (κ2) is 9.22. The Morgan fingerprint density at radius 1 is 1.09 bits per heavy atom. The van der Waals surface area contributed by atoms with Gasteiger partial charge in [-0.15, -0.1) is 0 Å². The Hall–Kier alpha value is -4.18. The number of morpholine rings is 1. The van der Waals surface area contributed by atoms with E-state index in [1.165, 1.54) is 12.1 Å². The van der Waals surface area contributed by atoms with Crippen LogP contribution in [-0.2, 0) is 4.74 Å². The highest BCUT2D eigenvalue weighted by Gasteiger charge is 2.20. The molecule has 1 N–H and O–H groups in total. The standard InChI is InChI=1S/C25H21F2N5O3/c1-15-24(29-17-11-19(14-28-13-17)31-6-8-35-9-7-31)20-4-2-16(26)10-23(20)30-25(15)21-12-18(32(33)34)3-5-22(21)27/h2-5,10-14H,6-9H2,1H3,(H,29,30). The number of aromatic nitrogens is 2. The lowest BCUT2D eigenvalue weighted by atomic mass is 10.0. The average molecular weight is 477 g/mol. The Kier molecular flexibility index (Phi) is 5.96. The molecular formula is C25H21F2N5O3. The largest absolute Gasteiger partial charge is 0.378 e. The fraction of sp³-hybridized carbons (Fsp3) is 0.200. The number of halogens is 2. The Morgan fingerprint density at radius 2 is 1.89 bits per heavy atom. The van der Waals surface area contributed by atoms with Gasteiger partial charge in [0.05, 0.1) is 58.8 Å². The minimum Gasteiger partial charge on any atom is -0.378 e. The first-order valence-electron chi connectivity index (χ1n) is 11.0. The van der Waals surface area contributed by atoms with Crippen molar-refractivity contribution in [2.45, 2.75) is 6.92 Å². The summed E-state index contributed by atoms with van der Waals surface area (Å²) in [6, 6.07) is 9.39. The predicted octanol–water partition coefficient (Wildman–Crippen LogP) is 5.37. The topological polar surface area (TPSA) is 93.4 Å². The third-order valence-corrected chi connectivity index (χ3v) is 5.98. The number of nitrogens with one attached hydrogen (secondary N) is 1. The van der Waals surface area contributed by atoms with E-state index >= 15 is 0 Å². The first-order valence-corrected chi connectivity index (χ1v) is 11.0. The minimum atomic E-state index is -0.663. The molecule has 0 atom stereocenters. The Balaban J connectivity index is 1.64. The van der Waals surface area contributed by atoms with Gasteiger partial charge in [-0.05, 0) is 36.8 Å². The van der Waals surface area contributed by atoms with Gasteiger partial charge < -0.3 is 15.0 Å². The van der Waals surface area contributed by atoms with Crippen LogP contribution in [0.25, 0.3) is 22.2 Å². The third-order valence-electron chi connectivity index (χ3n) is 5.98. The molecule has 0 spiro atoms. The number of anilines is 3. The summed E-state index contributed by atoms with van der Waals surface area (Å²) < 4.78 is 34.3. The number of non-ortho nitro benzene ring substituents is 1. The molecule has 178 valence electrons. The maximum absolute atomic E-state index is 14.8. The van der Waals surface area contributed by atoms with Crippen molar-refractivity contribution in [2.75, 3.05) is 36.5 Å². The number of nitro groups is 1. The molecule has 4 aromatic rings.